The molecule has 0 radical (unpaired) electrons. The van der Waals surface area contributed by atoms with E-state index in [1.165, 1.54) is 16.8 Å². The number of piperazine rings is 2. The summed E-state index contributed by atoms with van der Waals surface area (Å²) >= 11 is 0. The van der Waals surface area contributed by atoms with Gasteiger partial charge in [-0.05, 0) is 49.7 Å². The van der Waals surface area contributed by atoms with Gasteiger partial charge in [-0.1, -0.05) is 18.7 Å². The van der Waals surface area contributed by atoms with Crippen molar-refractivity contribution in [2.75, 3.05) is 57.8 Å². The molecule has 32 heavy (non-hydrogen) atoms. The van der Waals surface area contributed by atoms with Crippen molar-refractivity contribution >= 4 is 17.5 Å². The number of likely N-dealkylation sites (N-methyl/N-ethyl adjacent to an activating group) is 1. The van der Waals surface area contributed by atoms with Crippen LogP contribution in [-0.2, 0) is 16.0 Å². The van der Waals surface area contributed by atoms with E-state index in [1.54, 1.807) is 4.90 Å². The smallest absolute Gasteiger partial charge is 0.254 e. The van der Waals surface area contributed by atoms with Crippen molar-refractivity contribution < 1.29 is 14.7 Å². The van der Waals surface area contributed by atoms with Gasteiger partial charge in [0.05, 0.1) is 6.04 Å². The van der Waals surface area contributed by atoms with Crippen LogP contribution in [0.3, 0.4) is 0 Å². The molecule has 1 aromatic rings. The molecule has 2 N–H and O–H groups in total. The fraction of sp³-hybridized carbons (Fsp3) is 0.583. The maximum Gasteiger partial charge on any atom is 0.254 e. The lowest BCUT2D eigenvalue weighted by atomic mass is 9.98. The fourth-order valence-corrected chi connectivity index (χ4v) is 5.25. The Balaban J connectivity index is 1.17. The third kappa shape index (κ3) is 3.80. The SMILES string of the molecule is C=CN1CCc2cc(C3CNC(C(=O)N4CCN(C(=O)C5(O)CC5)CC4)CN3C)ccc21. The lowest BCUT2D eigenvalue weighted by molar-refractivity contribution is -0.148. The van der Waals surface area contributed by atoms with E-state index in [-0.39, 0.29) is 23.9 Å². The summed E-state index contributed by atoms with van der Waals surface area (Å²) in [6.07, 6.45) is 4.04. The summed E-state index contributed by atoms with van der Waals surface area (Å²) in [5, 5.41) is 13.5. The van der Waals surface area contributed by atoms with Crippen molar-refractivity contribution in [3.05, 3.63) is 42.1 Å². The molecule has 3 aliphatic heterocycles. The monoisotopic (exact) mass is 439 g/mol. The fourth-order valence-electron chi connectivity index (χ4n) is 5.25. The first-order valence-corrected chi connectivity index (χ1v) is 11.7. The highest BCUT2D eigenvalue weighted by Crippen LogP contribution is 2.37. The molecule has 0 aromatic heterocycles. The van der Waals surface area contributed by atoms with E-state index in [0.717, 1.165) is 19.5 Å². The van der Waals surface area contributed by atoms with Gasteiger partial charge in [-0.25, -0.2) is 0 Å². The Labute approximate surface area is 189 Å². The number of nitrogens with zero attached hydrogens (tertiary/aromatic N) is 4. The van der Waals surface area contributed by atoms with Crippen molar-refractivity contribution in [2.24, 2.45) is 0 Å². The number of hydrogen-bond acceptors (Lipinski definition) is 6. The first-order chi connectivity index (χ1) is 15.4. The van der Waals surface area contributed by atoms with E-state index < -0.39 is 5.60 Å². The maximum absolute atomic E-state index is 13.1. The van der Waals surface area contributed by atoms with Crippen molar-refractivity contribution in [3.63, 3.8) is 0 Å². The molecule has 2 unspecified atom stereocenters. The molecular formula is C24H33N5O3. The quantitative estimate of drug-likeness (QED) is 0.704. The number of carbonyl (C=O) groups is 2. The van der Waals surface area contributed by atoms with Gasteiger partial charge in [0.15, 0.2) is 0 Å². The van der Waals surface area contributed by atoms with Crippen LogP contribution in [0.5, 0.6) is 0 Å². The normalized spacial score (nSPS) is 27.2. The van der Waals surface area contributed by atoms with E-state index in [0.29, 0.717) is 45.6 Å². The molecule has 1 aromatic carbocycles. The van der Waals surface area contributed by atoms with E-state index in [9.17, 15) is 14.7 Å². The zero-order chi connectivity index (χ0) is 22.5. The number of carbonyl (C=O) groups excluding carboxylic acids is 2. The largest absolute Gasteiger partial charge is 0.380 e. The zero-order valence-electron chi connectivity index (χ0n) is 18.8. The Hall–Kier alpha value is -2.42. The number of aliphatic hydroxyl groups is 1. The molecule has 2 atom stereocenters. The summed E-state index contributed by atoms with van der Waals surface area (Å²) < 4.78 is 0. The van der Waals surface area contributed by atoms with Gasteiger partial charge in [0.25, 0.3) is 5.91 Å². The van der Waals surface area contributed by atoms with Crippen molar-refractivity contribution in [3.8, 4) is 0 Å². The second-order valence-corrected chi connectivity index (χ2v) is 9.58. The number of fused-ring (bicyclic) bond motifs is 1. The molecule has 8 heteroatoms. The molecule has 8 nitrogen and oxygen atoms in total. The van der Waals surface area contributed by atoms with Gasteiger partial charge in [-0.2, -0.15) is 0 Å². The van der Waals surface area contributed by atoms with Crippen LogP contribution in [0.25, 0.3) is 0 Å². The van der Waals surface area contributed by atoms with Gasteiger partial charge in [0, 0.05) is 57.5 Å². The lowest BCUT2D eigenvalue weighted by Crippen LogP contribution is -2.61. The Kier molecular flexibility index (Phi) is 5.47. The molecule has 3 heterocycles. The van der Waals surface area contributed by atoms with E-state index >= 15 is 0 Å². The first-order valence-electron chi connectivity index (χ1n) is 11.7. The number of hydrogen-bond donors (Lipinski definition) is 2. The minimum Gasteiger partial charge on any atom is -0.380 e. The summed E-state index contributed by atoms with van der Waals surface area (Å²) in [6, 6.07) is 6.67. The summed E-state index contributed by atoms with van der Waals surface area (Å²) in [6.45, 7) is 8.29. The molecule has 1 saturated carbocycles. The molecule has 1 aliphatic carbocycles. The molecule has 0 bridgehead atoms. The summed E-state index contributed by atoms with van der Waals surface area (Å²) in [4.78, 5) is 33.5. The predicted molar refractivity (Wildman–Crippen MR) is 122 cm³/mol. The lowest BCUT2D eigenvalue weighted by Gasteiger charge is -2.41. The van der Waals surface area contributed by atoms with Crippen molar-refractivity contribution in [1.29, 1.82) is 0 Å². The third-order valence-electron chi connectivity index (χ3n) is 7.50. The zero-order valence-corrected chi connectivity index (χ0v) is 18.8. The second kappa shape index (κ2) is 8.17. The van der Waals surface area contributed by atoms with Gasteiger partial charge in [0.2, 0.25) is 5.91 Å². The predicted octanol–water partition coefficient (Wildman–Crippen LogP) is 0.333. The topological polar surface area (TPSA) is 79.4 Å². The second-order valence-electron chi connectivity index (χ2n) is 9.58. The van der Waals surface area contributed by atoms with E-state index in [1.807, 2.05) is 11.1 Å². The van der Waals surface area contributed by atoms with Crippen molar-refractivity contribution in [2.45, 2.75) is 36.9 Å². The Morgan fingerprint density at radius 3 is 2.53 bits per heavy atom. The molecule has 4 aliphatic rings. The van der Waals surface area contributed by atoms with Gasteiger partial charge in [0.1, 0.15) is 5.60 Å². The molecular weight excluding hydrogens is 406 g/mol. The van der Waals surface area contributed by atoms with Crippen LogP contribution in [0.15, 0.2) is 31.0 Å². The summed E-state index contributed by atoms with van der Waals surface area (Å²) in [5.41, 5.74) is 2.75. The molecule has 2 amide bonds. The Morgan fingerprint density at radius 2 is 1.88 bits per heavy atom. The van der Waals surface area contributed by atoms with Crippen molar-refractivity contribution in [1.82, 2.24) is 20.0 Å². The van der Waals surface area contributed by atoms with E-state index in [4.69, 9.17) is 0 Å². The van der Waals surface area contributed by atoms with Crippen LogP contribution < -0.4 is 10.2 Å². The molecule has 3 fully saturated rings. The van der Waals surface area contributed by atoms with Crippen LogP contribution in [-0.4, -0.2) is 96.1 Å². The average molecular weight is 440 g/mol. The minimum absolute atomic E-state index is 0.100. The highest BCUT2D eigenvalue weighted by molar-refractivity contribution is 5.88. The summed E-state index contributed by atoms with van der Waals surface area (Å²) in [7, 11) is 2.09. The minimum atomic E-state index is -1.13. The molecule has 5 rings (SSSR count). The van der Waals surface area contributed by atoms with Gasteiger partial charge in [-0.3, -0.25) is 14.5 Å². The van der Waals surface area contributed by atoms with E-state index in [2.05, 4.69) is 46.9 Å². The highest BCUT2D eigenvalue weighted by atomic mass is 16.3. The van der Waals surface area contributed by atoms with Crippen LogP contribution in [0.2, 0.25) is 0 Å². The first kappa shape index (κ1) is 21.4. The van der Waals surface area contributed by atoms with Crippen LogP contribution in [0.4, 0.5) is 5.69 Å². The standard InChI is InChI=1S/C24H33N5O3/c1-3-27-9-6-18-14-17(4-5-20(18)27)21-15-25-19(16-26(21)2)22(30)28-10-12-29(13-11-28)23(31)24(32)7-8-24/h3-5,14,19,21,25,32H,1,6-13,15-16H2,2H3. The molecule has 2 saturated heterocycles. The highest BCUT2D eigenvalue weighted by Gasteiger charge is 2.50. The number of benzene rings is 1. The van der Waals surface area contributed by atoms with Crippen LogP contribution in [0.1, 0.15) is 30.0 Å². The number of anilines is 1. The molecule has 172 valence electrons. The number of rotatable bonds is 4. The third-order valence-corrected chi connectivity index (χ3v) is 7.50. The van der Waals surface area contributed by atoms with Crippen LogP contribution in [0, 0.1) is 0 Å². The van der Waals surface area contributed by atoms with Gasteiger partial charge < -0.3 is 25.1 Å². The van der Waals surface area contributed by atoms with Gasteiger partial charge >= 0.3 is 0 Å². The Bertz CT molecular complexity index is 922. The maximum atomic E-state index is 13.1. The van der Waals surface area contributed by atoms with Crippen LogP contribution >= 0.6 is 0 Å². The molecule has 0 spiro atoms. The Morgan fingerprint density at radius 1 is 1.16 bits per heavy atom. The summed E-state index contributed by atoms with van der Waals surface area (Å²) in [5.74, 6) is -0.0726. The number of amides is 2. The average Bonchev–Trinajstić information content (AvgIpc) is 3.44. The number of nitrogens with one attached hydrogen (secondary N) is 1. The van der Waals surface area contributed by atoms with Gasteiger partial charge in [-0.15, -0.1) is 0 Å².